The van der Waals surface area contributed by atoms with E-state index in [1.54, 1.807) is 24.1 Å². The van der Waals surface area contributed by atoms with E-state index in [4.69, 9.17) is 4.74 Å². The van der Waals surface area contributed by atoms with Gasteiger partial charge < -0.3 is 25.0 Å². The van der Waals surface area contributed by atoms with E-state index in [9.17, 15) is 19.5 Å². The molecule has 0 saturated heterocycles. The number of aromatic nitrogens is 2. The highest BCUT2D eigenvalue weighted by Crippen LogP contribution is 2.44. The largest absolute Gasteiger partial charge is 0.481 e. The molecule has 0 radical (unpaired) electrons. The molecule has 0 saturated carbocycles. The number of aliphatic carboxylic acids is 1. The number of benzene rings is 2. The molecule has 3 aromatic rings. The van der Waals surface area contributed by atoms with Crippen LogP contribution >= 0.6 is 0 Å². The van der Waals surface area contributed by atoms with Crippen LogP contribution in [0.5, 0.6) is 0 Å². The first-order chi connectivity index (χ1) is 15.9. The number of carbonyl (C=O) groups excluding carboxylic acids is 2. The monoisotopic (exact) mass is 448 g/mol. The van der Waals surface area contributed by atoms with Crippen LogP contribution in [0.15, 0.2) is 61.1 Å². The van der Waals surface area contributed by atoms with Gasteiger partial charge in [0.25, 0.3) is 0 Å². The number of nitrogens with zero attached hydrogens (tertiary/aromatic N) is 2. The third-order valence-corrected chi connectivity index (χ3v) is 5.69. The van der Waals surface area contributed by atoms with Crippen molar-refractivity contribution in [1.82, 2.24) is 20.2 Å². The molecule has 0 bridgehead atoms. The first-order valence-electron chi connectivity index (χ1n) is 10.5. The minimum atomic E-state index is -1.27. The molecule has 1 unspecified atom stereocenters. The molecule has 1 heterocycles. The maximum absolute atomic E-state index is 12.5. The Morgan fingerprint density at radius 1 is 1.09 bits per heavy atom. The summed E-state index contributed by atoms with van der Waals surface area (Å²) in [6, 6.07) is 14.6. The average Bonchev–Trinajstić information content (AvgIpc) is 3.36. The molecule has 170 valence electrons. The van der Waals surface area contributed by atoms with Crippen LogP contribution in [-0.2, 0) is 27.9 Å². The number of amides is 2. The van der Waals surface area contributed by atoms with Crippen LogP contribution in [0.4, 0.5) is 4.79 Å². The lowest BCUT2D eigenvalue weighted by atomic mass is 9.98. The number of hydrogen-bond donors (Lipinski definition) is 3. The second-order valence-corrected chi connectivity index (χ2v) is 7.83. The molecule has 9 heteroatoms. The number of aryl methyl sites for hydroxylation is 1. The Kier molecular flexibility index (Phi) is 6.39. The smallest absolute Gasteiger partial charge is 0.407 e. The number of hydrogen-bond acceptors (Lipinski definition) is 5. The minimum Gasteiger partial charge on any atom is -0.481 e. The molecule has 1 aliphatic rings. The molecular formula is C24H24N4O5. The Hall–Kier alpha value is -4.14. The Morgan fingerprint density at radius 2 is 1.73 bits per heavy atom. The summed E-state index contributed by atoms with van der Waals surface area (Å²) in [6.45, 7) is 0.216. The normalized spacial score (nSPS) is 13.0. The van der Waals surface area contributed by atoms with Gasteiger partial charge in [0, 0.05) is 19.2 Å². The molecule has 0 aliphatic heterocycles. The Balaban J connectivity index is 1.39. The molecule has 0 fully saturated rings. The molecule has 9 nitrogen and oxygen atoms in total. The number of nitrogens with one attached hydrogen (secondary N) is 2. The Morgan fingerprint density at radius 3 is 2.30 bits per heavy atom. The summed E-state index contributed by atoms with van der Waals surface area (Å²) in [5.74, 6) is -1.97. The van der Waals surface area contributed by atoms with Crippen LogP contribution in [0.2, 0.25) is 0 Å². The van der Waals surface area contributed by atoms with E-state index in [2.05, 4.69) is 15.6 Å². The van der Waals surface area contributed by atoms with Gasteiger partial charge in [-0.2, -0.15) is 0 Å². The lowest BCUT2D eigenvalue weighted by Gasteiger charge is -2.18. The first-order valence-corrected chi connectivity index (χ1v) is 10.5. The Labute approximate surface area is 190 Å². The van der Waals surface area contributed by atoms with Gasteiger partial charge in [0.1, 0.15) is 12.6 Å². The summed E-state index contributed by atoms with van der Waals surface area (Å²) < 4.78 is 7.16. The van der Waals surface area contributed by atoms with Crippen molar-refractivity contribution < 1.29 is 24.2 Å². The number of carboxylic acids is 1. The molecule has 1 aromatic heterocycles. The van der Waals surface area contributed by atoms with Crippen molar-refractivity contribution in [2.45, 2.75) is 24.9 Å². The maximum Gasteiger partial charge on any atom is 0.407 e. The van der Waals surface area contributed by atoms with Gasteiger partial charge >= 0.3 is 12.1 Å². The fraction of sp³-hybridized carbons (Fsp3) is 0.250. The number of carbonyl (C=O) groups is 3. The van der Waals surface area contributed by atoms with Crippen LogP contribution < -0.4 is 10.6 Å². The molecule has 0 spiro atoms. The van der Waals surface area contributed by atoms with E-state index in [-0.39, 0.29) is 19.1 Å². The van der Waals surface area contributed by atoms with Crippen LogP contribution in [0.1, 0.15) is 29.2 Å². The van der Waals surface area contributed by atoms with Crippen LogP contribution in [0.3, 0.4) is 0 Å². The van der Waals surface area contributed by atoms with Gasteiger partial charge in [-0.05, 0) is 22.3 Å². The van der Waals surface area contributed by atoms with Crippen molar-refractivity contribution >= 4 is 18.0 Å². The predicted molar refractivity (Wildman–Crippen MR) is 119 cm³/mol. The first kappa shape index (κ1) is 22.1. The van der Waals surface area contributed by atoms with Gasteiger partial charge in [0.05, 0.1) is 25.0 Å². The number of alkyl carbamates (subject to hydrolysis) is 1. The van der Waals surface area contributed by atoms with Gasteiger partial charge in [0.2, 0.25) is 5.91 Å². The van der Waals surface area contributed by atoms with Crippen molar-refractivity contribution in [3.8, 4) is 11.1 Å². The molecule has 33 heavy (non-hydrogen) atoms. The summed E-state index contributed by atoms with van der Waals surface area (Å²) in [5.41, 5.74) is 5.05. The van der Waals surface area contributed by atoms with Gasteiger partial charge in [0.15, 0.2) is 0 Å². The van der Waals surface area contributed by atoms with Gasteiger partial charge in [-0.15, -0.1) is 0 Å². The van der Waals surface area contributed by atoms with E-state index in [0.717, 1.165) is 27.9 Å². The number of fused-ring (bicyclic) bond motifs is 3. The number of imidazole rings is 1. The molecule has 1 atom stereocenters. The van der Waals surface area contributed by atoms with Crippen molar-refractivity contribution in [3.05, 3.63) is 77.9 Å². The van der Waals surface area contributed by atoms with Crippen molar-refractivity contribution in [3.63, 3.8) is 0 Å². The Bertz CT molecular complexity index is 1140. The number of rotatable bonds is 8. The standard InChI is InChI=1S/C24H24N4O5/c1-28-14-25-11-15(28)12-26-23(31)21(10-22(29)30)27-24(32)33-13-20-18-8-4-2-6-16(18)17-7-3-5-9-19(17)20/h2-9,11,14,20-21H,10,12-13H2,1H3,(H,26,31)(H,27,32)(H,29,30). The van der Waals surface area contributed by atoms with E-state index in [1.165, 1.54) is 0 Å². The van der Waals surface area contributed by atoms with Gasteiger partial charge in [-0.25, -0.2) is 9.78 Å². The highest BCUT2D eigenvalue weighted by Gasteiger charge is 2.30. The average molecular weight is 448 g/mol. The lowest BCUT2D eigenvalue weighted by Crippen LogP contribution is -2.48. The topological polar surface area (TPSA) is 123 Å². The highest BCUT2D eigenvalue weighted by atomic mass is 16.5. The van der Waals surface area contributed by atoms with Crippen LogP contribution in [0.25, 0.3) is 11.1 Å². The molecule has 4 rings (SSSR count). The third-order valence-electron chi connectivity index (χ3n) is 5.69. The van der Waals surface area contributed by atoms with E-state index in [1.807, 2.05) is 48.5 Å². The zero-order chi connectivity index (χ0) is 23.4. The summed E-state index contributed by atoms with van der Waals surface area (Å²) in [6.07, 6.45) is 1.76. The fourth-order valence-electron chi connectivity index (χ4n) is 4.02. The fourth-order valence-corrected chi connectivity index (χ4v) is 4.02. The molecule has 1 aliphatic carbocycles. The van der Waals surface area contributed by atoms with Crippen molar-refractivity contribution in [1.29, 1.82) is 0 Å². The lowest BCUT2D eigenvalue weighted by molar-refractivity contribution is -0.139. The zero-order valence-corrected chi connectivity index (χ0v) is 18.0. The van der Waals surface area contributed by atoms with Crippen LogP contribution in [-0.4, -0.2) is 45.3 Å². The second-order valence-electron chi connectivity index (χ2n) is 7.83. The van der Waals surface area contributed by atoms with Gasteiger partial charge in [-0.1, -0.05) is 48.5 Å². The molecule has 2 aromatic carbocycles. The van der Waals surface area contributed by atoms with E-state index in [0.29, 0.717) is 0 Å². The molecule has 3 N–H and O–H groups in total. The summed E-state index contributed by atoms with van der Waals surface area (Å²) in [4.78, 5) is 40.2. The zero-order valence-electron chi connectivity index (χ0n) is 18.0. The SMILES string of the molecule is Cn1cncc1CNC(=O)C(CC(=O)O)NC(=O)OCC1c2ccccc2-c2ccccc21. The van der Waals surface area contributed by atoms with E-state index >= 15 is 0 Å². The molecule has 2 amide bonds. The van der Waals surface area contributed by atoms with Gasteiger partial charge in [-0.3, -0.25) is 9.59 Å². The van der Waals surface area contributed by atoms with Crippen LogP contribution in [0, 0.1) is 0 Å². The van der Waals surface area contributed by atoms with E-state index < -0.39 is 30.4 Å². The maximum atomic E-state index is 12.5. The predicted octanol–water partition coefficient (Wildman–Crippen LogP) is 2.42. The number of ether oxygens (including phenoxy) is 1. The highest BCUT2D eigenvalue weighted by molar-refractivity contribution is 5.89. The van der Waals surface area contributed by atoms with Crippen molar-refractivity contribution in [2.24, 2.45) is 7.05 Å². The third kappa shape index (κ3) is 4.87. The quantitative estimate of drug-likeness (QED) is 0.486. The second kappa shape index (κ2) is 9.56. The minimum absolute atomic E-state index is 0.0658. The summed E-state index contributed by atoms with van der Waals surface area (Å²) in [7, 11) is 1.78. The summed E-state index contributed by atoms with van der Waals surface area (Å²) in [5, 5.41) is 14.2. The summed E-state index contributed by atoms with van der Waals surface area (Å²) >= 11 is 0. The van der Waals surface area contributed by atoms with Crippen molar-refractivity contribution in [2.75, 3.05) is 6.61 Å². The number of carboxylic acid groups (broad SMARTS) is 1. The molecular weight excluding hydrogens is 424 g/mol.